The van der Waals surface area contributed by atoms with Gasteiger partial charge in [-0.25, -0.2) is 9.37 Å². The molecule has 0 bridgehead atoms. The van der Waals surface area contributed by atoms with Gasteiger partial charge in [-0.3, -0.25) is 0 Å². The number of anilines is 1. The van der Waals surface area contributed by atoms with E-state index in [0.717, 1.165) is 5.52 Å². The summed E-state index contributed by atoms with van der Waals surface area (Å²) in [5, 5.41) is 0. The van der Waals surface area contributed by atoms with E-state index in [-0.39, 0.29) is 11.9 Å². The van der Waals surface area contributed by atoms with Gasteiger partial charge >= 0.3 is 0 Å². The number of hydrogen-bond donors (Lipinski definition) is 1. The van der Waals surface area contributed by atoms with Gasteiger partial charge in [0.1, 0.15) is 5.82 Å². The third-order valence-electron chi connectivity index (χ3n) is 2.66. The van der Waals surface area contributed by atoms with E-state index in [4.69, 9.17) is 10.5 Å². The zero-order chi connectivity index (χ0) is 10.4. The summed E-state index contributed by atoms with van der Waals surface area (Å²) in [5.74, 6) is 0.126. The second kappa shape index (κ2) is 2.93. The zero-order valence-corrected chi connectivity index (χ0v) is 7.98. The number of hydrogen-bond acceptors (Lipinski definition) is 3. The predicted molar refractivity (Wildman–Crippen MR) is 54.0 cm³/mol. The molecule has 1 fully saturated rings. The molecule has 15 heavy (non-hydrogen) atoms. The van der Waals surface area contributed by atoms with E-state index in [1.165, 1.54) is 12.1 Å². The van der Waals surface area contributed by atoms with Gasteiger partial charge in [0.05, 0.1) is 30.3 Å². The van der Waals surface area contributed by atoms with E-state index in [1.54, 1.807) is 6.07 Å². The first-order valence-corrected chi connectivity index (χ1v) is 4.76. The lowest BCUT2D eigenvalue weighted by molar-refractivity contribution is -0.0206. The van der Waals surface area contributed by atoms with Crippen LogP contribution in [0.3, 0.4) is 0 Å². The van der Waals surface area contributed by atoms with Gasteiger partial charge in [-0.15, -0.1) is 0 Å². The minimum absolute atomic E-state index is 0.237. The maximum Gasteiger partial charge on any atom is 0.201 e. The monoisotopic (exact) mass is 207 g/mol. The van der Waals surface area contributed by atoms with Gasteiger partial charge in [-0.2, -0.15) is 0 Å². The van der Waals surface area contributed by atoms with E-state index < -0.39 is 0 Å². The Bertz CT molecular complexity index is 519. The molecule has 1 saturated heterocycles. The van der Waals surface area contributed by atoms with Crippen LogP contribution in [0.4, 0.5) is 10.3 Å². The number of aromatic nitrogens is 2. The smallest absolute Gasteiger partial charge is 0.201 e. The Hall–Kier alpha value is -1.62. The second-order valence-electron chi connectivity index (χ2n) is 3.66. The number of imidazole rings is 1. The topological polar surface area (TPSA) is 53.1 Å². The summed E-state index contributed by atoms with van der Waals surface area (Å²) in [5.41, 5.74) is 7.25. The molecule has 2 heterocycles. The summed E-state index contributed by atoms with van der Waals surface area (Å²) in [6, 6.07) is 4.74. The molecule has 0 saturated carbocycles. The van der Waals surface area contributed by atoms with Gasteiger partial charge in [0.25, 0.3) is 0 Å². The molecule has 3 rings (SSSR count). The number of rotatable bonds is 1. The average Bonchev–Trinajstić information content (AvgIpc) is 2.40. The molecule has 0 amide bonds. The Morgan fingerprint density at radius 1 is 1.47 bits per heavy atom. The molecule has 78 valence electrons. The Morgan fingerprint density at radius 3 is 2.93 bits per heavy atom. The van der Waals surface area contributed by atoms with Gasteiger partial charge in [-0.1, -0.05) is 0 Å². The molecule has 0 atom stereocenters. The van der Waals surface area contributed by atoms with Crippen molar-refractivity contribution in [2.45, 2.75) is 6.04 Å². The second-order valence-corrected chi connectivity index (χ2v) is 3.66. The van der Waals surface area contributed by atoms with Crippen molar-refractivity contribution in [2.75, 3.05) is 18.9 Å². The van der Waals surface area contributed by atoms with Crippen LogP contribution in [0.25, 0.3) is 11.0 Å². The molecular formula is C10H10FN3O. The van der Waals surface area contributed by atoms with Crippen LogP contribution in [0.15, 0.2) is 18.2 Å². The van der Waals surface area contributed by atoms with Crippen molar-refractivity contribution >= 4 is 17.0 Å². The number of benzene rings is 1. The Morgan fingerprint density at radius 2 is 2.27 bits per heavy atom. The van der Waals surface area contributed by atoms with Crippen molar-refractivity contribution in [2.24, 2.45) is 0 Å². The van der Waals surface area contributed by atoms with Gasteiger partial charge in [0, 0.05) is 6.07 Å². The standard InChI is InChI=1S/C10H10FN3O/c11-6-1-2-9-8(3-6)13-10(12)14(9)7-4-15-5-7/h1-3,7H,4-5H2,(H2,12,13). The van der Waals surface area contributed by atoms with Gasteiger partial charge < -0.3 is 15.0 Å². The predicted octanol–water partition coefficient (Wildman–Crippen LogP) is 1.33. The third kappa shape index (κ3) is 1.20. The summed E-state index contributed by atoms with van der Waals surface area (Å²) in [6.07, 6.45) is 0. The van der Waals surface area contributed by atoms with E-state index in [1.807, 2.05) is 4.57 Å². The van der Waals surface area contributed by atoms with Crippen LogP contribution in [0.2, 0.25) is 0 Å². The van der Waals surface area contributed by atoms with Crippen molar-refractivity contribution in [3.05, 3.63) is 24.0 Å². The van der Waals surface area contributed by atoms with Crippen molar-refractivity contribution in [3.8, 4) is 0 Å². The summed E-state index contributed by atoms with van der Waals surface area (Å²) in [6.45, 7) is 1.29. The first-order valence-electron chi connectivity index (χ1n) is 4.76. The number of nitrogen functional groups attached to an aromatic ring is 1. The number of ether oxygens (including phenoxy) is 1. The van der Waals surface area contributed by atoms with E-state index in [2.05, 4.69) is 4.98 Å². The molecule has 0 aliphatic carbocycles. The van der Waals surface area contributed by atoms with Gasteiger partial charge in [0.2, 0.25) is 5.95 Å². The molecule has 1 aliphatic rings. The fourth-order valence-electron chi connectivity index (χ4n) is 1.85. The van der Waals surface area contributed by atoms with E-state index >= 15 is 0 Å². The fraction of sp³-hybridized carbons (Fsp3) is 0.300. The molecule has 0 radical (unpaired) electrons. The Kier molecular flexibility index (Phi) is 1.70. The number of nitrogens with two attached hydrogens (primary N) is 1. The van der Waals surface area contributed by atoms with Crippen molar-refractivity contribution in [3.63, 3.8) is 0 Å². The van der Waals surface area contributed by atoms with Crippen molar-refractivity contribution < 1.29 is 9.13 Å². The lowest BCUT2D eigenvalue weighted by Gasteiger charge is -2.28. The molecule has 1 aromatic heterocycles. The first kappa shape index (κ1) is 8.67. The Balaban J connectivity index is 2.23. The lowest BCUT2D eigenvalue weighted by Crippen LogP contribution is -2.31. The maximum absolute atomic E-state index is 13.0. The highest BCUT2D eigenvalue weighted by molar-refractivity contribution is 5.78. The lowest BCUT2D eigenvalue weighted by atomic mass is 10.2. The van der Waals surface area contributed by atoms with Gasteiger partial charge in [-0.05, 0) is 12.1 Å². The highest BCUT2D eigenvalue weighted by Gasteiger charge is 2.24. The summed E-state index contributed by atoms with van der Waals surface area (Å²) in [7, 11) is 0. The van der Waals surface area contributed by atoms with Crippen molar-refractivity contribution in [1.82, 2.24) is 9.55 Å². The number of halogens is 1. The van der Waals surface area contributed by atoms with E-state index in [0.29, 0.717) is 24.7 Å². The Labute approximate surface area is 85.5 Å². The molecule has 1 aliphatic heterocycles. The molecular weight excluding hydrogens is 197 g/mol. The molecule has 2 aromatic rings. The summed E-state index contributed by atoms with van der Waals surface area (Å²) in [4.78, 5) is 4.12. The summed E-state index contributed by atoms with van der Waals surface area (Å²) >= 11 is 0. The molecule has 0 unspecified atom stereocenters. The molecule has 4 nitrogen and oxygen atoms in total. The molecule has 0 spiro atoms. The van der Waals surface area contributed by atoms with Crippen LogP contribution in [0.1, 0.15) is 6.04 Å². The maximum atomic E-state index is 13.0. The average molecular weight is 207 g/mol. The third-order valence-corrected chi connectivity index (χ3v) is 2.66. The quantitative estimate of drug-likeness (QED) is 0.767. The van der Waals surface area contributed by atoms with Crippen LogP contribution in [-0.2, 0) is 4.74 Å². The molecule has 1 aromatic carbocycles. The number of fused-ring (bicyclic) bond motifs is 1. The van der Waals surface area contributed by atoms with Crippen LogP contribution >= 0.6 is 0 Å². The van der Waals surface area contributed by atoms with Crippen LogP contribution in [0, 0.1) is 5.82 Å². The minimum Gasteiger partial charge on any atom is -0.377 e. The number of nitrogens with zero attached hydrogens (tertiary/aromatic N) is 2. The summed E-state index contributed by atoms with van der Waals surface area (Å²) < 4.78 is 20.0. The molecule has 5 heteroatoms. The van der Waals surface area contributed by atoms with Crippen LogP contribution in [0.5, 0.6) is 0 Å². The normalized spacial score (nSPS) is 16.9. The van der Waals surface area contributed by atoms with E-state index in [9.17, 15) is 4.39 Å². The van der Waals surface area contributed by atoms with Gasteiger partial charge in [0.15, 0.2) is 0 Å². The van der Waals surface area contributed by atoms with Crippen molar-refractivity contribution in [1.29, 1.82) is 0 Å². The SMILES string of the molecule is Nc1nc2cc(F)ccc2n1C1COC1. The first-order chi connectivity index (χ1) is 7.25. The zero-order valence-electron chi connectivity index (χ0n) is 7.98. The largest absolute Gasteiger partial charge is 0.377 e. The molecule has 2 N–H and O–H groups in total. The minimum atomic E-state index is -0.294. The van der Waals surface area contributed by atoms with Crippen LogP contribution in [-0.4, -0.2) is 22.8 Å². The highest BCUT2D eigenvalue weighted by Crippen LogP contribution is 2.27. The highest BCUT2D eigenvalue weighted by atomic mass is 19.1. The fourth-order valence-corrected chi connectivity index (χ4v) is 1.85. The van der Waals surface area contributed by atoms with Crippen LogP contribution < -0.4 is 5.73 Å².